The predicted molar refractivity (Wildman–Crippen MR) is 96.1 cm³/mol. The van der Waals surface area contributed by atoms with Crippen LogP contribution in [0.3, 0.4) is 0 Å². The molecule has 1 unspecified atom stereocenters. The predicted octanol–water partition coefficient (Wildman–Crippen LogP) is 5.72. The van der Waals surface area contributed by atoms with Gasteiger partial charge in [-0.1, -0.05) is 55.5 Å². The number of fused-ring (bicyclic) bond motifs is 1. The highest BCUT2D eigenvalue weighted by Crippen LogP contribution is 2.35. The van der Waals surface area contributed by atoms with Crippen molar-refractivity contribution in [1.82, 2.24) is 0 Å². The van der Waals surface area contributed by atoms with Crippen LogP contribution in [0.25, 0.3) is 0 Å². The summed E-state index contributed by atoms with van der Waals surface area (Å²) in [6.45, 7) is 2.29. The summed E-state index contributed by atoms with van der Waals surface area (Å²) in [4.78, 5) is 12.1. The molecule has 2 aromatic rings. The number of carbonyl (C=O) groups excluding carboxylic acids is 1. The van der Waals surface area contributed by atoms with E-state index in [1.807, 2.05) is 30.3 Å². The van der Waals surface area contributed by atoms with E-state index in [4.69, 9.17) is 0 Å². The van der Waals surface area contributed by atoms with Gasteiger partial charge in [0.25, 0.3) is 0 Å². The first kappa shape index (κ1) is 16.0. The summed E-state index contributed by atoms with van der Waals surface area (Å²) in [7, 11) is 0. The molecule has 1 atom stereocenters. The van der Waals surface area contributed by atoms with Gasteiger partial charge in [0.15, 0.2) is 5.78 Å². The van der Waals surface area contributed by atoms with Gasteiger partial charge in [-0.2, -0.15) is 0 Å². The van der Waals surface area contributed by atoms with Gasteiger partial charge >= 0.3 is 0 Å². The molecule has 0 fully saturated rings. The lowest BCUT2D eigenvalue weighted by Gasteiger charge is -2.10. The molecule has 0 aromatic heterocycles. The fraction of sp³-hybridized carbons (Fsp3) is 0.409. The minimum atomic E-state index is 0.269. The van der Waals surface area contributed by atoms with E-state index in [-0.39, 0.29) is 5.78 Å². The van der Waals surface area contributed by atoms with Crippen LogP contribution in [-0.4, -0.2) is 5.78 Å². The zero-order valence-corrected chi connectivity index (χ0v) is 14.1. The topological polar surface area (TPSA) is 17.1 Å². The van der Waals surface area contributed by atoms with E-state index >= 15 is 0 Å². The minimum Gasteiger partial charge on any atom is -0.294 e. The number of rotatable bonds is 7. The molecule has 0 saturated carbocycles. The zero-order chi connectivity index (χ0) is 16.1. The van der Waals surface area contributed by atoms with Gasteiger partial charge in [0.2, 0.25) is 0 Å². The zero-order valence-electron chi connectivity index (χ0n) is 14.1. The maximum Gasteiger partial charge on any atom is 0.162 e. The standard InChI is InChI=1S/C22H26O/c1-2-18-14-15-19-13-12-17(16-21(18)19)8-6-7-11-22(23)20-9-4-3-5-10-20/h3-5,9-10,12-13,16,18H,2,6-8,11,14-15H2,1H3. The van der Waals surface area contributed by atoms with Crippen molar-refractivity contribution < 1.29 is 4.79 Å². The Labute approximate surface area is 139 Å². The number of aryl methyl sites for hydroxylation is 2. The molecule has 1 nitrogen and oxygen atoms in total. The smallest absolute Gasteiger partial charge is 0.162 e. The Kier molecular flexibility index (Phi) is 5.27. The van der Waals surface area contributed by atoms with Gasteiger partial charge in [-0.25, -0.2) is 0 Å². The Balaban J connectivity index is 1.49. The fourth-order valence-corrected chi connectivity index (χ4v) is 3.70. The maximum atomic E-state index is 12.1. The molecule has 0 heterocycles. The Morgan fingerprint density at radius 2 is 1.91 bits per heavy atom. The van der Waals surface area contributed by atoms with Crippen molar-refractivity contribution in [3.63, 3.8) is 0 Å². The van der Waals surface area contributed by atoms with Crippen LogP contribution < -0.4 is 0 Å². The summed E-state index contributed by atoms with van der Waals surface area (Å²) in [6.07, 6.45) is 7.64. The number of hydrogen-bond acceptors (Lipinski definition) is 1. The van der Waals surface area contributed by atoms with Gasteiger partial charge < -0.3 is 0 Å². The Hall–Kier alpha value is -1.89. The Morgan fingerprint density at radius 1 is 1.09 bits per heavy atom. The minimum absolute atomic E-state index is 0.269. The molecule has 23 heavy (non-hydrogen) atoms. The van der Waals surface area contributed by atoms with Crippen LogP contribution in [0.2, 0.25) is 0 Å². The summed E-state index contributed by atoms with van der Waals surface area (Å²) in [5.74, 6) is 1.04. The fourth-order valence-electron chi connectivity index (χ4n) is 3.70. The van der Waals surface area contributed by atoms with Gasteiger partial charge in [0.1, 0.15) is 0 Å². The van der Waals surface area contributed by atoms with Crippen LogP contribution in [-0.2, 0) is 12.8 Å². The van der Waals surface area contributed by atoms with Crippen LogP contribution in [0, 0.1) is 0 Å². The van der Waals surface area contributed by atoms with E-state index in [2.05, 4.69) is 25.1 Å². The maximum absolute atomic E-state index is 12.1. The second-order valence-electron chi connectivity index (χ2n) is 6.67. The molecule has 2 aromatic carbocycles. The first-order valence-electron chi connectivity index (χ1n) is 8.98. The lowest BCUT2D eigenvalue weighted by Crippen LogP contribution is -1.99. The molecule has 0 aliphatic heterocycles. The number of unbranched alkanes of at least 4 members (excludes halogenated alkanes) is 1. The van der Waals surface area contributed by atoms with E-state index in [1.54, 1.807) is 11.1 Å². The van der Waals surface area contributed by atoms with Crippen molar-refractivity contribution in [3.05, 3.63) is 70.8 Å². The molecule has 0 radical (unpaired) electrons. The summed E-state index contributed by atoms with van der Waals surface area (Å²) >= 11 is 0. The summed E-state index contributed by atoms with van der Waals surface area (Å²) < 4.78 is 0. The van der Waals surface area contributed by atoms with Gasteiger partial charge in [0.05, 0.1) is 0 Å². The summed E-state index contributed by atoms with van der Waals surface area (Å²) in [5, 5.41) is 0. The number of carbonyl (C=O) groups is 1. The van der Waals surface area contributed by atoms with Crippen LogP contribution in [0.4, 0.5) is 0 Å². The van der Waals surface area contributed by atoms with E-state index < -0.39 is 0 Å². The number of hydrogen-bond donors (Lipinski definition) is 0. The SMILES string of the molecule is CCC1CCc2ccc(CCCCC(=O)c3ccccc3)cc21. The number of Topliss-reactive ketones (excluding diaryl/α,β-unsaturated/α-hetero) is 1. The highest BCUT2D eigenvalue weighted by Gasteiger charge is 2.20. The molecule has 0 saturated heterocycles. The lowest BCUT2D eigenvalue weighted by molar-refractivity contribution is 0.0979. The Morgan fingerprint density at radius 3 is 2.70 bits per heavy atom. The molecule has 0 bridgehead atoms. The van der Waals surface area contributed by atoms with Crippen LogP contribution in [0.15, 0.2) is 48.5 Å². The third-order valence-corrected chi connectivity index (χ3v) is 5.12. The van der Waals surface area contributed by atoms with Gasteiger partial charge in [0, 0.05) is 12.0 Å². The second-order valence-corrected chi connectivity index (χ2v) is 6.67. The molecule has 0 amide bonds. The molecule has 1 aliphatic carbocycles. The summed E-state index contributed by atoms with van der Waals surface area (Å²) in [5.41, 5.74) is 5.43. The normalized spacial score (nSPS) is 16.3. The van der Waals surface area contributed by atoms with E-state index in [9.17, 15) is 4.79 Å². The second kappa shape index (κ2) is 7.59. The average Bonchev–Trinajstić information content (AvgIpc) is 3.01. The number of benzene rings is 2. The highest BCUT2D eigenvalue weighted by atomic mass is 16.1. The van der Waals surface area contributed by atoms with E-state index in [0.717, 1.165) is 30.7 Å². The highest BCUT2D eigenvalue weighted by molar-refractivity contribution is 5.95. The third kappa shape index (κ3) is 3.90. The molecule has 120 valence electrons. The van der Waals surface area contributed by atoms with Crippen LogP contribution in [0.5, 0.6) is 0 Å². The quantitative estimate of drug-likeness (QED) is 0.472. The lowest BCUT2D eigenvalue weighted by atomic mass is 9.95. The van der Waals surface area contributed by atoms with Crippen LogP contribution >= 0.6 is 0 Å². The Bertz CT molecular complexity index is 657. The molecular weight excluding hydrogens is 280 g/mol. The third-order valence-electron chi connectivity index (χ3n) is 5.12. The summed E-state index contributed by atoms with van der Waals surface area (Å²) in [6, 6.07) is 16.7. The average molecular weight is 306 g/mol. The molecule has 0 spiro atoms. The van der Waals surface area contributed by atoms with E-state index in [1.165, 1.54) is 24.8 Å². The van der Waals surface area contributed by atoms with Crippen molar-refractivity contribution in [2.45, 2.75) is 57.8 Å². The van der Waals surface area contributed by atoms with Crippen LogP contribution in [0.1, 0.15) is 72.0 Å². The first-order chi connectivity index (χ1) is 11.3. The van der Waals surface area contributed by atoms with E-state index in [0.29, 0.717) is 6.42 Å². The van der Waals surface area contributed by atoms with Crippen molar-refractivity contribution in [2.24, 2.45) is 0 Å². The first-order valence-corrected chi connectivity index (χ1v) is 8.98. The van der Waals surface area contributed by atoms with Gasteiger partial charge in [-0.3, -0.25) is 4.79 Å². The molecule has 1 heteroatoms. The molecule has 3 rings (SSSR count). The van der Waals surface area contributed by atoms with Crippen molar-refractivity contribution in [2.75, 3.05) is 0 Å². The molecule has 0 N–H and O–H groups in total. The van der Waals surface area contributed by atoms with Crippen molar-refractivity contribution in [3.8, 4) is 0 Å². The van der Waals surface area contributed by atoms with Gasteiger partial charge in [-0.05, 0) is 61.1 Å². The molecule has 1 aliphatic rings. The van der Waals surface area contributed by atoms with Crippen molar-refractivity contribution >= 4 is 5.78 Å². The largest absolute Gasteiger partial charge is 0.294 e. The number of ketones is 1. The molecular formula is C22H26O. The monoisotopic (exact) mass is 306 g/mol. The van der Waals surface area contributed by atoms with Crippen molar-refractivity contribution in [1.29, 1.82) is 0 Å². The van der Waals surface area contributed by atoms with Gasteiger partial charge in [-0.15, -0.1) is 0 Å².